The Morgan fingerprint density at radius 3 is 2.56 bits per heavy atom. The van der Waals surface area contributed by atoms with Gasteiger partial charge in [-0.25, -0.2) is 4.79 Å². The molecule has 1 saturated heterocycles. The summed E-state index contributed by atoms with van der Waals surface area (Å²) in [5.74, 6) is 0.470. The lowest BCUT2D eigenvalue weighted by Gasteiger charge is -2.32. The molecule has 1 unspecified atom stereocenters. The second kappa shape index (κ2) is 15.9. The lowest BCUT2D eigenvalue weighted by molar-refractivity contribution is 0.0534. The quantitative estimate of drug-likeness (QED) is 0.121. The number of piperidine rings is 1. The molecule has 50 heavy (non-hydrogen) atoms. The van der Waals surface area contributed by atoms with Gasteiger partial charge in [-0.1, -0.05) is 54.6 Å². The number of likely N-dealkylation sites (N-methyl/N-ethyl adjacent to an activating group) is 1. The number of aromatic amines is 1. The number of carbonyl (C=O) groups excluding carboxylic acids is 2. The van der Waals surface area contributed by atoms with Crippen LogP contribution in [-0.4, -0.2) is 82.9 Å². The van der Waals surface area contributed by atoms with Crippen molar-refractivity contribution < 1.29 is 29.0 Å². The van der Waals surface area contributed by atoms with Crippen molar-refractivity contribution in [1.82, 2.24) is 20.1 Å². The normalized spacial score (nSPS) is 14.4. The number of H-pyrrole nitrogens is 1. The number of ether oxygens (including phenoxy) is 1. The van der Waals surface area contributed by atoms with E-state index in [9.17, 15) is 24.6 Å². The van der Waals surface area contributed by atoms with Crippen LogP contribution in [0.2, 0.25) is 0 Å². The number of para-hydroxylation sites is 1. The Morgan fingerprint density at radius 2 is 1.76 bits per heavy atom. The molecule has 6 rings (SSSR count). The van der Waals surface area contributed by atoms with E-state index in [0.29, 0.717) is 48.3 Å². The molecule has 0 aliphatic carbocycles. The van der Waals surface area contributed by atoms with Gasteiger partial charge in [0.15, 0.2) is 5.76 Å². The molecule has 1 aliphatic rings. The smallest absolute Gasteiger partial charge is 0.411 e. The number of furan rings is 1. The largest absolute Gasteiger partial charge is 0.506 e. The highest BCUT2D eigenvalue weighted by molar-refractivity contribution is 5.92. The zero-order valence-corrected chi connectivity index (χ0v) is 27.8. The summed E-state index contributed by atoms with van der Waals surface area (Å²) in [6, 6.07) is 26.9. The summed E-state index contributed by atoms with van der Waals surface area (Å²) in [5, 5.41) is 27.5. The maximum absolute atomic E-state index is 13.1. The predicted molar refractivity (Wildman–Crippen MR) is 190 cm³/mol. The number of amides is 2. The Labute approximate surface area is 289 Å². The molecule has 1 atom stereocenters. The van der Waals surface area contributed by atoms with Crippen LogP contribution in [0.3, 0.4) is 0 Å². The van der Waals surface area contributed by atoms with E-state index < -0.39 is 12.2 Å². The van der Waals surface area contributed by atoms with Gasteiger partial charge >= 0.3 is 6.09 Å². The number of anilines is 1. The zero-order chi connectivity index (χ0) is 35.0. The summed E-state index contributed by atoms with van der Waals surface area (Å²) in [4.78, 5) is 44.0. The Morgan fingerprint density at radius 1 is 1.00 bits per heavy atom. The minimum Gasteiger partial charge on any atom is -0.506 e. The van der Waals surface area contributed by atoms with Crippen LogP contribution in [0, 0.1) is 0 Å². The Hall–Kier alpha value is -5.43. The molecule has 1 fully saturated rings. The van der Waals surface area contributed by atoms with Gasteiger partial charge in [0, 0.05) is 56.8 Å². The molecule has 5 N–H and O–H groups in total. The highest BCUT2D eigenvalue weighted by atomic mass is 16.6. The number of phenols is 1. The standard InChI is InChI=1S/C38H41N5O7/c1-42(21-22-43-19-17-26(18-20-43)50-38(48)40-31-10-6-5-9-28(31)25-7-3-2-4-8-25)37(47)34-15-11-27(49-34)23-39-24-33(45)29-12-14-32(44)36-30(29)13-16-35(46)41-36/h2-16,26,33,39,44-45H,17-24H2,1H3,(H,40,48)(H,41,46). The number of aromatic hydroxyl groups is 1. The van der Waals surface area contributed by atoms with E-state index in [-0.39, 0.29) is 47.7 Å². The van der Waals surface area contributed by atoms with Crippen LogP contribution < -0.4 is 16.2 Å². The third-order valence-corrected chi connectivity index (χ3v) is 8.93. The number of likely N-dealkylation sites (tertiary alicyclic amines) is 1. The third kappa shape index (κ3) is 8.40. The Bertz CT molecular complexity index is 1980. The van der Waals surface area contributed by atoms with Gasteiger partial charge < -0.3 is 39.5 Å². The predicted octanol–water partition coefficient (Wildman–Crippen LogP) is 5.10. The molecule has 3 aromatic carbocycles. The fourth-order valence-corrected chi connectivity index (χ4v) is 6.16. The molecule has 0 saturated carbocycles. The minimum atomic E-state index is -0.914. The van der Waals surface area contributed by atoms with Crippen LogP contribution >= 0.6 is 0 Å². The number of fused-ring (bicyclic) bond motifs is 1. The number of nitrogens with one attached hydrogen (secondary N) is 3. The molecular weight excluding hydrogens is 638 g/mol. The van der Waals surface area contributed by atoms with Crippen LogP contribution in [-0.2, 0) is 11.3 Å². The fraction of sp³-hybridized carbons (Fsp3) is 0.289. The second-order valence-electron chi connectivity index (χ2n) is 12.4. The van der Waals surface area contributed by atoms with E-state index in [1.54, 1.807) is 36.2 Å². The molecule has 3 heterocycles. The first kappa shape index (κ1) is 34.4. The fourth-order valence-electron chi connectivity index (χ4n) is 6.16. The van der Waals surface area contributed by atoms with Crippen LogP contribution in [0.1, 0.15) is 40.8 Å². The zero-order valence-electron chi connectivity index (χ0n) is 27.8. The number of hydrogen-bond acceptors (Lipinski definition) is 9. The van der Waals surface area contributed by atoms with E-state index in [2.05, 4.69) is 20.5 Å². The number of rotatable bonds is 12. The molecular formula is C38H41N5O7. The molecule has 0 bridgehead atoms. The van der Waals surface area contributed by atoms with Gasteiger partial charge in [-0.05, 0) is 54.3 Å². The molecule has 0 spiro atoms. The number of benzene rings is 3. The van der Waals surface area contributed by atoms with Crippen molar-refractivity contribution >= 4 is 28.6 Å². The first-order valence-corrected chi connectivity index (χ1v) is 16.7. The number of carbonyl (C=O) groups is 2. The Kier molecular flexibility index (Phi) is 10.9. The lowest BCUT2D eigenvalue weighted by Crippen LogP contribution is -2.42. The average molecular weight is 680 g/mol. The van der Waals surface area contributed by atoms with E-state index in [1.165, 1.54) is 12.1 Å². The van der Waals surface area contributed by atoms with Gasteiger partial charge in [0.25, 0.3) is 5.91 Å². The van der Waals surface area contributed by atoms with Crippen molar-refractivity contribution in [3.63, 3.8) is 0 Å². The van der Waals surface area contributed by atoms with Crippen LogP contribution in [0.5, 0.6) is 5.75 Å². The number of aliphatic hydroxyl groups is 1. The van der Waals surface area contributed by atoms with Crippen LogP contribution in [0.15, 0.2) is 100 Å². The highest BCUT2D eigenvalue weighted by Gasteiger charge is 2.24. The second-order valence-corrected chi connectivity index (χ2v) is 12.4. The molecule has 12 nitrogen and oxygen atoms in total. The van der Waals surface area contributed by atoms with Gasteiger partial charge in [-0.2, -0.15) is 0 Å². The van der Waals surface area contributed by atoms with Crippen LogP contribution in [0.4, 0.5) is 10.5 Å². The van der Waals surface area contributed by atoms with Gasteiger partial charge in [0.2, 0.25) is 5.56 Å². The number of nitrogens with zero attached hydrogens (tertiary/aromatic N) is 2. The van der Waals surface area contributed by atoms with Crippen molar-refractivity contribution in [3.8, 4) is 16.9 Å². The topological polar surface area (TPSA) is 160 Å². The van der Waals surface area contributed by atoms with Crippen molar-refractivity contribution in [3.05, 3.63) is 118 Å². The summed E-state index contributed by atoms with van der Waals surface area (Å²) in [6.45, 7) is 3.15. The maximum atomic E-state index is 13.1. The van der Waals surface area contributed by atoms with Crippen molar-refractivity contribution in [2.45, 2.75) is 31.6 Å². The van der Waals surface area contributed by atoms with E-state index in [4.69, 9.17) is 9.15 Å². The summed E-state index contributed by atoms with van der Waals surface area (Å²) >= 11 is 0. The molecule has 2 aromatic heterocycles. The van der Waals surface area contributed by atoms with E-state index in [0.717, 1.165) is 24.2 Å². The maximum Gasteiger partial charge on any atom is 0.411 e. The van der Waals surface area contributed by atoms with Gasteiger partial charge in [0.1, 0.15) is 17.6 Å². The first-order chi connectivity index (χ1) is 24.2. The van der Waals surface area contributed by atoms with Crippen LogP contribution in [0.25, 0.3) is 22.0 Å². The van der Waals surface area contributed by atoms with Crippen molar-refractivity contribution in [2.24, 2.45) is 0 Å². The van der Waals surface area contributed by atoms with Crippen molar-refractivity contribution in [2.75, 3.05) is 45.1 Å². The number of phenolic OH excluding ortho intramolecular Hbond substituents is 1. The molecule has 260 valence electrons. The SMILES string of the molecule is CN(CCN1CCC(OC(=O)Nc2ccccc2-c2ccccc2)CC1)C(=O)c1ccc(CNCC(O)c2ccc(O)c3[nH]c(=O)ccc23)o1. The lowest BCUT2D eigenvalue weighted by atomic mass is 10.0. The number of hydrogen-bond donors (Lipinski definition) is 5. The number of pyridine rings is 1. The molecule has 0 radical (unpaired) electrons. The van der Waals surface area contributed by atoms with Gasteiger partial charge in [-0.3, -0.25) is 14.9 Å². The number of aliphatic hydroxyl groups excluding tert-OH is 1. The molecule has 12 heteroatoms. The van der Waals surface area contributed by atoms with E-state index in [1.807, 2.05) is 54.6 Å². The van der Waals surface area contributed by atoms with Gasteiger partial charge in [0.05, 0.1) is 23.9 Å². The molecule has 1 aliphatic heterocycles. The van der Waals surface area contributed by atoms with E-state index >= 15 is 0 Å². The average Bonchev–Trinajstić information content (AvgIpc) is 3.60. The molecule has 2 amide bonds. The number of aromatic nitrogens is 1. The summed E-state index contributed by atoms with van der Waals surface area (Å²) in [7, 11) is 1.74. The monoisotopic (exact) mass is 679 g/mol. The Balaban J connectivity index is 0.911. The summed E-state index contributed by atoms with van der Waals surface area (Å²) in [5.41, 5.74) is 3.13. The minimum absolute atomic E-state index is 0.0720. The van der Waals surface area contributed by atoms with Gasteiger partial charge in [-0.15, -0.1) is 0 Å². The summed E-state index contributed by atoms with van der Waals surface area (Å²) < 4.78 is 11.5. The summed E-state index contributed by atoms with van der Waals surface area (Å²) in [6.07, 6.45) is -0.154. The highest BCUT2D eigenvalue weighted by Crippen LogP contribution is 2.29. The van der Waals surface area contributed by atoms with Crippen molar-refractivity contribution in [1.29, 1.82) is 0 Å². The third-order valence-electron chi connectivity index (χ3n) is 8.93. The molecule has 5 aromatic rings. The first-order valence-electron chi connectivity index (χ1n) is 16.7.